The van der Waals surface area contributed by atoms with Gasteiger partial charge in [-0.05, 0) is 47.0 Å². The number of amides is 1. The molecule has 104 valence electrons. The second-order valence-electron chi connectivity index (χ2n) is 5.23. The minimum atomic E-state index is -0.369. The van der Waals surface area contributed by atoms with Crippen molar-refractivity contribution in [2.75, 3.05) is 6.54 Å². The standard InChI is InChI=1S/C14H18BrFN2O/c15-12-8-10(16)4-5-11(12)13(19)18-9-14(17)6-2-1-3-7-14/h4-5,8H,1-3,6-7,9,17H2,(H,18,19). The van der Waals surface area contributed by atoms with Crippen LogP contribution in [0, 0.1) is 5.82 Å². The number of hydrogen-bond acceptors (Lipinski definition) is 2. The average Bonchev–Trinajstić information content (AvgIpc) is 2.37. The van der Waals surface area contributed by atoms with E-state index in [-0.39, 0.29) is 17.3 Å². The molecule has 1 aliphatic rings. The Morgan fingerprint density at radius 3 is 2.68 bits per heavy atom. The van der Waals surface area contributed by atoms with Gasteiger partial charge in [-0.2, -0.15) is 0 Å². The van der Waals surface area contributed by atoms with Gasteiger partial charge < -0.3 is 11.1 Å². The van der Waals surface area contributed by atoms with Crippen molar-refractivity contribution in [2.24, 2.45) is 5.73 Å². The minimum absolute atomic E-state index is 0.220. The minimum Gasteiger partial charge on any atom is -0.350 e. The van der Waals surface area contributed by atoms with Gasteiger partial charge in [0.25, 0.3) is 5.91 Å². The maximum absolute atomic E-state index is 13.0. The maximum Gasteiger partial charge on any atom is 0.252 e. The molecular formula is C14H18BrFN2O. The van der Waals surface area contributed by atoms with Gasteiger partial charge in [0.15, 0.2) is 0 Å². The summed E-state index contributed by atoms with van der Waals surface area (Å²) < 4.78 is 13.4. The van der Waals surface area contributed by atoms with E-state index < -0.39 is 0 Å². The van der Waals surface area contributed by atoms with E-state index >= 15 is 0 Å². The highest BCUT2D eigenvalue weighted by Crippen LogP contribution is 2.25. The normalized spacial score (nSPS) is 18.1. The van der Waals surface area contributed by atoms with Gasteiger partial charge in [-0.15, -0.1) is 0 Å². The van der Waals surface area contributed by atoms with Crippen LogP contribution in [0.3, 0.4) is 0 Å². The van der Waals surface area contributed by atoms with Gasteiger partial charge in [0.05, 0.1) is 5.56 Å². The first-order chi connectivity index (χ1) is 9.00. The Balaban J connectivity index is 1.97. The lowest BCUT2D eigenvalue weighted by Crippen LogP contribution is -2.51. The molecule has 1 aliphatic carbocycles. The first kappa shape index (κ1) is 14.5. The number of rotatable bonds is 3. The molecule has 0 radical (unpaired) electrons. The fourth-order valence-corrected chi connectivity index (χ4v) is 2.99. The molecule has 1 saturated carbocycles. The Labute approximate surface area is 120 Å². The monoisotopic (exact) mass is 328 g/mol. The molecule has 0 aromatic heterocycles. The van der Waals surface area contributed by atoms with Gasteiger partial charge in [0, 0.05) is 16.6 Å². The molecule has 1 aromatic carbocycles. The van der Waals surface area contributed by atoms with Crippen molar-refractivity contribution in [3.8, 4) is 0 Å². The van der Waals surface area contributed by atoms with Crippen LogP contribution in [0.25, 0.3) is 0 Å². The molecule has 2 rings (SSSR count). The number of hydrogen-bond donors (Lipinski definition) is 2. The molecule has 1 amide bonds. The van der Waals surface area contributed by atoms with E-state index in [9.17, 15) is 9.18 Å². The molecule has 1 aromatic rings. The van der Waals surface area contributed by atoms with Crippen molar-refractivity contribution in [3.05, 3.63) is 34.1 Å². The summed E-state index contributed by atoms with van der Waals surface area (Å²) in [5.41, 5.74) is 6.40. The van der Waals surface area contributed by atoms with E-state index in [0.717, 1.165) is 25.7 Å². The number of nitrogens with one attached hydrogen (secondary N) is 1. The first-order valence-corrected chi connectivity index (χ1v) is 7.32. The lowest BCUT2D eigenvalue weighted by atomic mass is 9.82. The Morgan fingerprint density at radius 1 is 1.37 bits per heavy atom. The van der Waals surface area contributed by atoms with Crippen LogP contribution < -0.4 is 11.1 Å². The molecule has 0 bridgehead atoms. The quantitative estimate of drug-likeness (QED) is 0.896. The van der Waals surface area contributed by atoms with Gasteiger partial charge in [0.1, 0.15) is 5.82 Å². The zero-order chi connectivity index (χ0) is 13.9. The number of carbonyl (C=O) groups is 1. The average molecular weight is 329 g/mol. The van der Waals surface area contributed by atoms with Crippen LogP contribution in [0.5, 0.6) is 0 Å². The van der Waals surface area contributed by atoms with E-state index in [0.29, 0.717) is 16.6 Å². The third kappa shape index (κ3) is 3.76. The van der Waals surface area contributed by atoms with E-state index in [4.69, 9.17) is 5.73 Å². The van der Waals surface area contributed by atoms with Crippen molar-refractivity contribution in [3.63, 3.8) is 0 Å². The SMILES string of the molecule is NC1(CNC(=O)c2ccc(F)cc2Br)CCCCC1. The molecule has 3 N–H and O–H groups in total. The van der Waals surface area contributed by atoms with Crippen LogP contribution in [0.1, 0.15) is 42.5 Å². The topological polar surface area (TPSA) is 55.1 Å². The summed E-state index contributed by atoms with van der Waals surface area (Å²) in [4.78, 5) is 12.0. The highest BCUT2D eigenvalue weighted by Gasteiger charge is 2.28. The third-order valence-corrected chi connectivity index (χ3v) is 4.28. The summed E-state index contributed by atoms with van der Waals surface area (Å²) in [6.45, 7) is 0.468. The van der Waals surface area contributed by atoms with Crippen molar-refractivity contribution in [2.45, 2.75) is 37.6 Å². The zero-order valence-corrected chi connectivity index (χ0v) is 12.3. The molecule has 0 heterocycles. The van der Waals surface area contributed by atoms with Gasteiger partial charge in [-0.1, -0.05) is 19.3 Å². The third-order valence-electron chi connectivity index (χ3n) is 3.63. The van der Waals surface area contributed by atoms with Gasteiger partial charge in [-0.3, -0.25) is 4.79 Å². The summed E-state index contributed by atoms with van der Waals surface area (Å²) in [7, 11) is 0. The van der Waals surface area contributed by atoms with Crippen molar-refractivity contribution in [1.82, 2.24) is 5.32 Å². The second-order valence-corrected chi connectivity index (χ2v) is 6.08. The van der Waals surface area contributed by atoms with E-state index in [1.165, 1.54) is 24.6 Å². The fraction of sp³-hybridized carbons (Fsp3) is 0.500. The Kier molecular flexibility index (Phi) is 4.58. The summed E-state index contributed by atoms with van der Waals surface area (Å²) in [6.07, 6.45) is 5.34. The van der Waals surface area contributed by atoms with Crippen LogP contribution in [0.15, 0.2) is 22.7 Å². The zero-order valence-electron chi connectivity index (χ0n) is 10.7. The number of carbonyl (C=O) groups excluding carboxylic acids is 1. The molecule has 1 fully saturated rings. The second kappa shape index (κ2) is 6.01. The lowest BCUT2D eigenvalue weighted by molar-refractivity contribution is 0.0937. The van der Waals surface area contributed by atoms with Crippen LogP contribution >= 0.6 is 15.9 Å². The highest BCUT2D eigenvalue weighted by atomic mass is 79.9. The molecule has 0 spiro atoms. The van der Waals surface area contributed by atoms with Gasteiger partial charge >= 0.3 is 0 Å². The van der Waals surface area contributed by atoms with Crippen LogP contribution in [-0.4, -0.2) is 18.0 Å². The Bertz CT molecular complexity index is 473. The van der Waals surface area contributed by atoms with Gasteiger partial charge in [0.2, 0.25) is 0 Å². The smallest absolute Gasteiger partial charge is 0.252 e. The molecule has 5 heteroatoms. The predicted molar refractivity (Wildman–Crippen MR) is 76.4 cm³/mol. The number of nitrogens with two attached hydrogens (primary N) is 1. The Hall–Kier alpha value is -0.940. The van der Waals surface area contributed by atoms with Crippen molar-refractivity contribution >= 4 is 21.8 Å². The number of halogens is 2. The van der Waals surface area contributed by atoms with Crippen molar-refractivity contribution in [1.29, 1.82) is 0 Å². The van der Waals surface area contributed by atoms with Crippen LogP contribution in [0.2, 0.25) is 0 Å². The van der Waals surface area contributed by atoms with E-state index in [1.807, 2.05) is 0 Å². The highest BCUT2D eigenvalue weighted by molar-refractivity contribution is 9.10. The summed E-state index contributed by atoms with van der Waals surface area (Å²) >= 11 is 3.20. The number of benzene rings is 1. The molecule has 0 aliphatic heterocycles. The molecule has 0 unspecified atom stereocenters. The summed E-state index contributed by atoms with van der Waals surface area (Å²) in [6, 6.07) is 4.03. The molecule has 19 heavy (non-hydrogen) atoms. The largest absolute Gasteiger partial charge is 0.350 e. The summed E-state index contributed by atoms with van der Waals surface area (Å²) in [5.74, 6) is -0.590. The first-order valence-electron chi connectivity index (χ1n) is 6.52. The molecule has 0 saturated heterocycles. The van der Waals surface area contributed by atoms with E-state index in [1.54, 1.807) is 0 Å². The Morgan fingerprint density at radius 2 is 2.05 bits per heavy atom. The predicted octanol–water partition coefficient (Wildman–Crippen LogP) is 2.98. The lowest BCUT2D eigenvalue weighted by Gasteiger charge is -2.33. The fourth-order valence-electron chi connectivity index (χ4n) is 2.46. The van der Waals surface area contributed by atoms with Gasteiger partial charge in [-0.25, -0.2) is 4.39 Å². The van der Waals surface area contributed by atoms with Crippen LogP contribution in [0.4, 0.5) is 4.39 Å². The molecular weight excluding hydrogens is 311 g/mol. The van der Waals surface area contributed by atoms with Crippen molar-refractivity contribution < 1.29 is 9.18 Å². The maximum atomic E-state index is 13.0. The van der Waals surface area contributed by atoms with Crippen LogP contribution in [-0.2, 0) is 0 Å². The van der Waals surface area contributed by atoms with E-state index in [2.05, 4.69) is 21.2 Å². The molecule has 0 atom stereocenters. The summed E-state index contributed by atoms with van der Waals surface area (Å²) in [5, 5.41) is 2.85. The molecule has 3 nitrogen and oxygen atoms in total.